The van der Waals surface area contributed by atoms with Crippen molar-refractivity contribution in [2.45, 2.75) is 20.3 Å². The zero-order chi connectivity index (χ0) is 23.8. The molecule has 3 aromatic rings. The van der Waals surface area contributed by atoms with Crippen molar-refractivity contribution in [3.63, 3.8) is 0 Å². The fraction of sp³-hybridized carbons (Fsp3) is 0.308. The summed E-state index contributed by atoms with van der Waals surface area (Å²) in [5, 5.41) is 4.36. The first-order valence-corrected chi connectivity index (χ1v) is 11.0. The molecule has 0 bridgehead atoms. The van der Waals surface area contributed by atoms with Gasteiger partial charge in [-0.1, -0.05) is 19.1 Å². The van der Waals surface area contributed by atoms with Gasteiger partial charge in [0, 0.05) is 44.3 Å². The molecule has 0 aliphatic carbocycles. The van der Waals surface area contributed by atoms with Crippen LogP contribution in [0.3, 0.4) is 0 Å². The number of hydrogen-bond donors (Lipinski definition) is 1. The van der Waals surface area contributed by atoms with E-state index in [1.807, 2.05) is 50.3 Å². The van der Waals surface area contributed by atoms with E-state index in [4.69, 9.17) is 4.74 Å². The van der Waals surface area contributed by atoms with Crippen molar-refractivity contribution >= 4 is 28.1 Å². The minimum absolute atomic E-state index is 0.635. The molecule has 0 amide bonds. The average molecular weight is 445 g/mol. The number of anilines is 2. The highest BCUT2D eigenvalue weighted by atomic mass is 16.5. The normalized spacial score (nSPS) is 12.4. The van der Waals surface area contributed by atoms with E-state index in [0.717, 1.165) is 51.4 Å². The summed E-state index contributed by atoms with van der Waals surface area (Å²) in [6.07, 6.45) is 10.7. The SMILES string of the molecule is CC/C=C(/C=C\C(C)=NC)CNc1ncnc2c(OC)cc(-c3ccc(N(C)C)cn3)cc12. The zero-order valence-corrected chi connectivity index (χ0v) is 20.3. The Morgan fingerprint density at radius 1 is 1.15 bits per heavy atom. The van der Waals surface area contributed by atoms with Crippen molar-refractivity contribution in [2.24, 2.45) is 4.99 Å². The molecular weight excluding hydrogens is 412 g/mol. The topological polar surface area (TPSA) is 75.5 Å². The molecule has 0 fully saturated rings. The number of rotatable bonds is 9. The molecule has 1 N–H and O–H groups in total. The number of aromatic nitrogens is 3. The number of allylic oxidation sites excluding steroid dienone is 2. The molecule has 0 aliphatic heterocycles. The molecule has 0 radical (unpaired) electrons. The second-order valence-corrected chi connectivity index (χ2v) is 7.83. The van der Waals surface area contributed by atoms with Crippen LogP contribution in [0, 0.1) is 0 Å². The smallest absolute Gasteiger partial charge is 0.145 e. The summed E-state index contributed by atoms with van der Waals surface area (Å²) >= 11 is 0. The largest absolute Gasteiger partial charge is 0.494 e. The Kier molecular flexibility index (Phi) is 8.13. The quantitative estimate of drug-likeness (QED) is 0.363. The first-order chi connectivity index (χ1) is 16.0. The molecule has 172 valence electrons. The Balaban J connectivity index is 1.98. The molecule has 0 saturated heterocycles. The number of pyridine rings is 1. The van der Waals surface area contributed by atoms with Crippen LogP contribution in [0.1, 0.15) is 20.3 Å². The van der Waals surface area contributed by atoms with E-state index in [1.54, 1.807) is 20.5 Å². The van der Waals surface area contributed by atoms with E-state index >= 15 is 0 Å². The fourth-order valence-electron chi connectivity index (χ4n) is 3.35. The van der Waals surface area contributed by atoms with Crippen LogP contribution in [0.2, 0.25) is 0 Å². The van der Waals surface area contributed by atoms with E-state index in [9.17, 15) is 0 Å². The van der Waals surface area contributed by atoms with Gasteiger partial charge in [0.05, 0.1) is 24.7 Å². The summed E-state index contributed by atoms with van der Waals surface area (Å²) in [5.41, 5.74) is 5.75. The van der Waals surface area contributed by atoms with Crippen LogP contribution < -0.4 is 15.0 Å². The molecule has 7 nitrogen and oxygen atoms in total. The van der Waals surface area contributed by atoms with Crippen molar-refractivity contribution in [2.75, 3.05) is 45.0 Å². The monoisotopic (exact) mass is 444 g/mol. The molecule has 0 atom stereocenters. The van der Waals surface area contributed by atoms with Gasteiger partial charge in [-0.05, 0) is 49.3 Å². The van der Waals surface area contributed by atoms with Gasteiger partial charge in [0.25, 0.3) is 0 Å². The molecule has 1 aromatic carbocycles. The zero-order valence-electron chi connectivity index (χ0n) is 20.3. The lowest BCUT2D eigenvalue weighted by atomic mass is 10.1. The number of benzene rings is 1. The molecule has 33 heavy (non-hydrogen) atoms. The van der Waals surface area contributed by atoms with E-state index < -0.39 is 0 Å². The lowest BCUT2D eigenvalue weighted by Crippen LogP contribution is -2.08. The third-order valence-corrected chi connectivity index (χ3v) is 5.30. The predicted octanol–water partition coefficient (Wildman–Crippen LogP) is 5.16. The lowest BCUT2D eigenvalue weighted by molar-refractivity contribution is 0.419. The van der Waals surface area contributed by atoms with Crippen molar-refractivity contribution < 1.29 is 4.74 Å². The summed E-state index contributed by atoms with van der Waals surface area (Å²) in [6, 6.07) is 8.09. The molecule has 0 aliphatic rings. The van der Waals surface area contributed by atoms with Gasteiger partial charge < -0.3 is 15.0 Å². The van der Waals surface area contributed by atoms with Crippen LogP contribution in [0.25, 0.3) is 22.2 Å². The van der Waals surface area contributed by atoms with E-state index in [1.165, 1.54) is 0 Å². The van der Waals surface area contributed by atoms with Crippen molar-refractivity contribution in [3.8, 4) is 17.0 Å². The molecule has 7 heteroatoms. The lowest BCUT2D eigenvalue weighted by Gasteiger charge is -2.14. The van der Waals surface area contributed by atoms with Gasteiger partial charge in [-0.25, -0.2) is 9.97 Å². The maximum atomic E-state index is 5.66. The molecule has 2 heterocycles. The number of nitrogens with zero attached hydrogens (tertiary/aromatic N) is 5. The third-order valence-electron chi connectivity index (χ3n) is 5.30. The van der Waals surface area contributed by atoms with Crippen molar-refractivity contribution in [3.05, 3.63) is 60.6 Å². The maximum Gasteiger partial charge on any atom is 0.145 e. The highest BCUT2D eigenvalue weighted by Crippen LogP contribution is 2.33. The molecule has 2 aromatic heterocycles. The fourth-order valence-corrected chi connectivity index (χ4v) is 3.35. The molecule has 3 rings (SSSR count). The van der Waals surface area contributed by atoms with Crippen LogP contribution in [-0.2, 0) is 0 Å². The van der Waals surface area contributed by atoms with Gasteiger partial charge in [-0.3, -0.25) is 9.98 Å². The van der Waals surface area contributed by atoms with E-state index in [2.05, 4.69) is 56.5 Å². The summed E-state index contributed by atoms with van der Waals surface area (Å²) < 4.78 is 5.66. The summed E-state index contributed by atoms with van der Waals surface area (Å²) in [6.45, 7) is 4.74. The highest BCUT2D eigenvalue weighted by molar-refractivity contribution is 5.96. The first kappa shape index (κ1) is 23.9. The maximum absolute atomic E-state index is 5.66. The van der Waals surface area contributed by atoms with Gasteiger partial charge in [0.2, 0.25) is 0 Å². The van der Waals surface area contributed by atoms with Crippen LogP contribution in [-0.4, -0.2) is 55.5 Å². The van der Waals surface area contributed by atoms with Gasteiger partial charge in [-0.2, -0.15) is 0 Å². The second kappa shape index (κ2) is 11.2. The van der Waals surface area contributed by atoms with Crippen molar-refractivity contribution in [1.29, 1.82) is 0 Å². The Hall–Kier alpha value is -3.74. The second-order valence-electron chi connectivity index (χ2n) is 7.83. The van der Waals surface area contributed by atoms with Crippen LogP contribution in [0.5, 0.6) is 5.75 Å². The number of aliphatic imine (C=N–C) groups is 1. The minimum atomic E-state index is 0.635. The van der Waals surface area contributed by atoms with Gasteiger partial charge in [0.1, 0.15) is 23.4 Å². The Bertz CT molecular complexity index is 1180. The van der Waals surface area contributed by atoms with E-state index in [0.29, 0.717) is 12.3 Å². The van der Waals surface area contributed by atoms with Crippen LogP contribution in [0.15, 0.2) is 65.6 Å². The Labute approximate surface area is 196 Å². The Morgan fingerprint density at radius 2 is 1.97 bits per heavy atom. The summed E-state index contributed by atoms with van der Waals surface area (Å²) in [7, 11) is 7.44. The van der Waals surface area contributed by atoms with Gasteiger partial charge in [-0.15, -0.1) is 0 Å². The highest BCUT2D eigenvalue weighted by Gasteiger charge is 2.13. The minimum Gasteiger partial charge on any atom is -0.494 e. The first-order valence-electron chi connectivity index (χ1n) is 11.0. The molecule has 0 unspecified atom stereocenters. The number of fused-ring (bicyclic) bond motifs is 1. The summed E-state index contributed by atoms with van der Waals surface area (Å²) in [5.74, 6) is 1.44. The molecule has 0 saturated carbocycles. The number of hydrogen-bond acceptors (Lipinski definition) is 7. The summed E-state index contributed by atoms with van der Waals surface area (Å²) in [4.78, 5) is 19.8. The average Bonchev–Trinajstić information content (AvgIpc) is 2.84. The van der Waals surface area contributed by atoms with E-state index in [-0.39, 0.29) is 0 Å². The van der Waals surface area contributed by atoms with Crippen LogP contribution in [0.4, 0.5) is 11.5 Å². The van der Waals surface area contributed by atoms with Gasteiger partial charge in [0.15, 0.2) is 0 Å². The standard InChI is InChI=1S/C26H32N6O/c1-7-8-19(10-9-18(2)27-3)15-29-26-22-13-20(14-24(33-6)25(22)30-17-31-26)23-12-11-21(16-28-23)32(4)5/h8-14,16-17H,7,15H2,1-6H3,(H,29,30,31)/b10-9-,19-8-,27-18?. The van der Waals surface area contributed by atoms with Gasteiger partial charge >= 0.3 is 0 Å². The number of methoxy groups -OCH3 is 1. The van der Waals surface area contributed by atoms with Crippen molar-refractivity contribution in [1.82, 2.24) is 15.0 Å². The third kappa shape index (κ3) is 5.94. The predicted molar refractivity (Wildman–Crippen MR) is 139 cm³/mol. The molecular formula is C26H32N6O. The van der Waals surface area contributed by atoms with Crippen LogP contribution >= 0.6 is 0 Å². The number of nitrogens with one attached hydrogen (secondary N) is 1. The Morgan fingerprint density at radius 3 is 2.61 bits per heavy atom. The molecule has 0 spiro atoms. The number of ether oxygens (including phenoxy) is 1.